The number of anilines is 1. The van der Waals surface area contributed by atoms with Gasteiger partial charge < -0.3 is 35.2 Å². The first-order chi connectivity index (χ1) is 17.8. The molecule has 0 radical (unpaired) electrons. The Morgan fingerprint density at radius 2 is 1.92 bits per heavy atom. The van der Waals surface area contributed by atoms with Gasteiger partial charge in [0.1, 0.15) is 41.2 Å². The molecule has 0 aromatic heterocycles. The van der Waals surface area contributed by atoms with E-state index in [2.05, 4.69) is 4.84 Å². The molecule has 2 heterocycles. The zero-order chi connectivity index (χ0) is 27.7. The van der Waals surface area contributed by atoms with Gasteiger partial charge in [0.05, 0.1) is 0 Å². The van der Waals surface area contributed by atoms with Gasteiger partial charge in [0.25, 0.3) is 0 Å². The van der Waals surface area contributed by atoms with Crippen LogP contribution < -0.4 is 20.3 Å². The number of nitrogens with two attached hydrogens (primary N) is 1. The summed E-state index contributed by atoms with van der Waals surface area (Å²) in [5, 5.41) is 20.9. The number of hydrogen-bond donors (Lipinski definition) is 3. The zero-order valence-corrected chi connectivity index (χ0v) is 20.7. The topological polar surface area (TPSA) is 135 Å². The number of phenolic OH excluding ortho intramolecular Hbond substituents is 1. The predicted molar refractivity (Wildman–Crippen MR) is 128 cm³/mol. The Bertz CT molecular complexity index is 1210. The summed E-state index contributed by atoms with van der Waals surface area (Å²) in [6.07, 6.45) is -4.24. The number of phenols is 1. The molecular weight excluding hydrogens is 535 g/mol. The number of piperidine rings is 1. The van der Waals surface area contributed by atoms with Crippen LogP contribution in [0.1, 0.15) is 18.4 Å². The van der Waals surface area contributed by atoms with Crippen LogP contribution in [0, 0.1) is 0 Å². The van der Waals surface area contributed by atoms with Gasteiger partial charge in [-0.15, -0.1) is 5.06 Å². The normalized spacial score (nSPS) is 17.4. The van der Waals surface area contributed by atoms with Crippen molar-refractivity contribution in [2.75, 3.05) is 31.3 Å². The van der Waals surface area contributed by atoms with E-state index in [-0.39, 0.29) is 35.3 Å². The number of primary amides is 1. The van der Waals surface area contributed by atoms with Gasteiger partial charge in [-0.25, -0.2) is 9.59 Å². The summed E-state index contributed by atoms with van der Waals surface area (Å²) in [7, 11) is 0. The number of amides is 2. The molecule has 4 N–H and O–H groups in total. The van der Waals surface area contributed by atoms with Crippen LogP contribution in [-0.4, -0.2) is 71.2 Å². The molecule has 0 unspecified atom stereocenters. The molecule has 0 saturated carbocycles. The number of hydroxylamine groups is 1. The minimum atomic E-state index is -5.39. The van der Waals surface area contributed by atoms with Crippen LogP contribution in [0.2, 0.25) is 5.02 Å². The van der Waals surface area contributed by atoms with Crippen molar-refractivity contribution in [2.45, 2.75) is 37.1 Å². The molecule has 0 aliphatic carbocycles. The molecule has 2 aromatic rings. The maximum atomic E-state index is 12.6. The third-order valence-corrected chi connectivity index (χ3v) is 6.53. The number of carbonyl (C=O) groups excluding carboxylic acids is 2. The number of nitrogens with zero attached hydrogens (tertiary/aromatic N) is 2. The number of urea groups is 1. The number of likely N-dealkylation sites (tertiary alicyclic amines) is 1. The highest BCUT2D eigenvalue weighted by atomic mass is 35.5. The van der Waals surface area contributed by atoms with Crippen molar-refractivity contribution in [3.05, 3.63) is 47.0 Å². The van der Waals surface area contributed by atoms with Crippen molar-refractivity contribution in [3.63, 3.8) is 0 Å². The van der Waals surface area contributed by atoms with Crippen molar-refractivity contribution >= 4 is 29.3 Å². The first-order valence-corrected chi connectivity index (χ1v) is 12.0. The largest absolute Gasteiger partial charge is 0.508 e. The van der Waals surface area contributed by atoms with Gasteiger partial charge in [0, 0.05) is 50.0 Å². The van der Waals surface area contributed by atoms with Gasteiger partial charge in [-0.1, -0.05) is 11.6 Å². The lowest BCUT2D eigenvalue weighted by molar-refractivity contribution is -0.199. The van der Waals surface area contributed by atoms with Crippen LogP contribution in [0.5, 0.6) is 17.2 Å². The van der Waals surface area contributed by atoms with Crippen LogP contribution in [0.25, 0.3) is 0 Å². The second kappa shape index (κ2) is 10.8. The number of alkyl halides is 3. The lowest BCUT2D eigenvalue weighted by Gasteiger charge is -2.39. The van der Waals surface area contributed by atoms with E-state index in [1.165, 1.54) is 0 Å². The summed E-state index contributed by atoms with van der Waals surface area (Å²) in [5.41, 5.74) is 5.35. The summed E-state index contributed by atoms with van der Waals surface area (Å²) in [5.74, 6) is -2.56. The molecular formula is C24H25ClF3N3O7. The number of benzene rings is 2. The third-order valence-electron chi connectivity index (χ3n) is 6.30. The Balaban J connectivity index is 1.34. The van der Waals surface area contributed by atoms with E-state index in [1.54, 1.807) is 6.07 Å². The van der Waals surface area contributed by atoms with Crippen molar-refractivity contribution in [1.29, 1.82) is 0 Å². The molecule has 1 atom stereocenters. The maximum absolute atomic E-state index is 12.6. The minimum absolute atomic E-state index is 0.103. The number of halogens is 4. The number of hydrogen-bond acceptors (Lipinski definition) is 8. The molecule has 14 heteroatoms. The number of carbonyl (C=O) groups is 2. The SMILES string of the molecule is NC(=O)N(OC(=O)C(F)(F)F)c1ccc(O)cc1OC[C@H](O)CN1CCC2(CC1)Cc1cc(Cl)ccc1O2. The fourth-order valence-electron chi connectivity index (χ4n) is 4.49. The molecule has 0 bridgehead atoms. The Morgan fingerprint density at radius 1 is 1.21 bits per heavy atom. The minimum Gasteiger partial charge on any atom is -0.508 e. The van der Waals surface area contributed by atoms with Crippen molar-refractivity contribution in [1.82, 2.24) is 4.90 Å². The van der Waals surface area contributed by atoms with Crippen LogP contribution in [-0.2, 0) is 16.1 Å². The van der Waals surface area contributed by atoms with E-state index in [1.807, 2.05) is 17.0 Å². The maximum Gasteiger partial charge on any atom is 0.493 e. The van der Waals surface area contributed by atoms with Gasteiger partial charge >= 0.3 is 18.2 Å². The summed E-state index contributed by atoms with van der Waals surface area (Å²) in [6, 6.07) is 6.98. The Kier molecular flexibility index (Phi) is 7.81. The Hall–Kier alpha value is -3.42. The summed E-state index contributed by atoms with van der Waals surface area (Å²) >= 11 is 6.09. The Morgan fingerprint density at radius 3 is 2.58 bits per heavy atom. The third kappa shape index (κ3) is 6.34. The van der Waals surface area contributed by atoms with Crippen LogP contribution in [0.4, 0.5) is 23.7 Å². The predicted octanol–water partition coefficient (Wildman–Crippen LogP) is 3.16. The number of aliphatic hydroxyl groups is 1. The number of β-amino-alcohol motifs (C(OH)–C–C–N with tert-alkyl or cyclic N) is 1. The number of aromatic hydroxyl groups is 1. The van der Waals surface area contributed by atoms with Crippen molar-refractivity contribution in [2.24, 2.45) is 5.73 Å². The average Bonchev–Trinajstić information content (AvgIpc) is 3.19. The van der Waals surface area contributed by atoms with Crippen molar-refractivity contribution < 1.29 is 47.3 Å². The summed E-state index contributed by atoms with van der Waals surface area (Å²) < 4.78 is 49.6. The summed E-state index contributed by atoms with van der Waals surface area (Å²) in [4.78, 5) is 29.1. The van der Waals surface area contributed by atoms with Gasteiger partial charge in [-0.05, 0) is 35.9 Å². The standard InChI is InChI=1S/C24H25ClF3N3O7/c25-15-1-4-19-14(9-15)11-23(37-19)5-7-30(8-6-23)12-17(33)13-36-20-10-16(32)2-3-18(20)31(22(29)35)38-21(34)24(26,27)28/h1-4,9-10,17,32-33H,5-8,11-13H2,(H2,29,35)/t17-/m1/s1. The average molecular weight is 560 g/mol. The molecule has 1 fully saturated rings. The molecule has 1 saturated heterocycles. The fraction of sp³-hybridized carbons (Fsp3) is 0.417. The zero-order valence-electron chi connectivity index (χ0n) is 19.9. The number of fused-ring (bicyclic) bond motifs is 1. The smallest absolute Gasteiger partial charge is 0.493 e. The van der Waals surface area contributed by atoms with Crippen molar-refractivity contribution in [3.8, 4) is 17.2 Å². The molecule has 2 amide bonds. The van der Waals surface area contributed by atoms with Crippen LogP contribution in [0.3, 0.4) is 0 Å². The molecule has 4 rings (SSSR count). The van der Waals surface area contributed by atoms with E-state index in [9.17, 15) is 33.0 Å². The lowest BCUT2D eigenvalue weighted by Crippen LogP contribution is -2.49. The molecule has 206 valence electrons. The number of aliphatic hydroxyl groups excluding tert-OH is 1. The molecule has 38 heavy (non-hydrogen) atoms. The van der Waals surface area contributed by atoms with E-state index < -0.39 is 30.0 Å². The van der Waals surface area contributed by atoms with Crippen LogP contribution >= 0.6 is 11.6 Å². The highest BCUT2D eigenvalue weighted by Crippen LogP contribution is 2.42. The molecule has 2 aromatic carbocycles. The molecule has 10 nitrogen and oxygen atoms in total. The van der Waals surface area contributed by atoms with Gasteiger partial charge in [0.2, 0.25) is 0 Å². The number of ether oxygens (including phenoxy) is 2. The van der Waals surface area contributed by atoms with Crippen LogP contribution in [0.15, 0.2) is 36.4 Å². The first kappa shape index (κ1) is 27.6. The van der Waals surface area contributed by atoms with Gasteiger partial charge in [0.15, 0.2) is 0 Å². The lowest BCUT2D eigenvalue weighted by atomic mass is 9.87. The second-order valence-corrected chi connectivity index (χ2v) is 9.58. The first-order valence-electron chi connectivity index (χ1n) is 11.6. The monoisotopic (exact) mass is 559 g/mol. The quantitative estimate of drug-likeness (QED) is 0.460. The highest BCUT2D eigenvalue weighted by molar-refractivity contribution is 6.30. The van der Waals surface area contributed by atoms with Gasteiger partial charge in [-0.3, -0.25) is 0 Å². The molecule has 2 aliphatic rings. The van der Waals surface area contributed by atoms with E-state index in [0.29, 0.717) is 18.1 Å². The summed E-state index contributed by atoms with van der Waals surface area (Å²) in [6.45, 7) is 1.14. The van der Waals surface area contributed by atoms with E-state index in [0.717, 1.165) is 48.8 Å². The molecule has 2 aliphatic heterocycles. The fourth-order valence-corrected chi connectivity index (χ4v) is 4.69. The number of rotatable bonds is 6. The second-order valence-electron chi connectivity index (χ2n) is 9.14. The van der Waals surface area contributed by atoms with E-state index in [4.69, 9.17) is 26.8 Å². The highest BCUT2D eigenvalue weighted by Gasteiger charge is 2.44. The Labute approximate surface area is 220 Å². The molecule has 1 spiro atoms. The van der Waals surface area contributed by atoms with E-state index >= 15 is 0 Å². The van der Waals surface area contributed by atoms with Gasteiger partial charge in [-0.2, -0.15) is 13.2 Å².